The molecule has 0 unspecified atom stereocenters. The first kappa shape index (κ1) is 14.7. The van der Waals surface area contributed by atoms with E-state index in [4.69, 9.17) is 8.94 Å². The fourth-order valence-corrected chi connectivity index (χ4v) is 2.22. The van der Waals surface area contributed by atoms with Gasteiger partial charge in [0.2, 0.25) is 11.0 Å². The minimum absolute atomic E-state index is 0.0920. The van der Waals surface area contributed by atoms with Gasteiger partial charge in [-0.05, 0) is 19.2 Å². The topological polar surface area (TPSA) is 110 Å². The van der Waals surface area contributed by atoms with Crippen LogP contribution in [0.4, 0.5) is 0 Å². The average molecular weight is 300 g/mol. The summed E-state index contributed by atoms with van der Waals surface area (Å²) in [5, 5.41) is 6.79. The zero-order valence-corrected chi connectivity index (χ0v) is 12.0. The zero-order valence-electron chi connectivity index (χ0n) is 11.2. The molecule has 0 atom stereocenters. The Labute approximate surface area is 116 Å². The van der Waals surface area contributed by atoms with Gasteiger partial charge in [-0.1, -0.05) is 5.16 Å². The van der Waals surface area contributed by atoms with E-state index in [0.29, 0.717) is 37.0 Å². The summed E-state index contributed by atoms with van der Waals surface area (Å²) in [6, 6.07) is 3.04. The SMILES string of the molecule is CNS(=O)(=O)c1ccc(CNCCc2noc(C)n2)o1. The van der Waals surface area contributed by atoms with Crippen molar-refractivity contribution in [2.24, 2.45) is 0 Å². The second kappa shape index (κ2) is 6.16. The van der Waals surface area contributed by atoms with Crippen molar-refractivity contribution in [2.75, 3.05) is 13.6 Å². The van der Waals surface area contributed by atoms with Crippen LogP contribution in [-0.4, -0.2) is 32.2 Å². The highest BCUT2D eigenvalue weighted by atomic mass is 32.2. The lowest BCUT2D eigenvalue weighted by Gasteiger charge is -2.00. The van der Waals surface area contributed by atoms with Crippen LogP contribution in [0.5, 0.6) is 0 Å². The second-order valence-corrected chi connectivity index (χ2v) is 5.90. The first-order valence-corrected chi connectivity index (χ1v) is 7.52. The molecule has 9 heteroatoms. The fourth-order valence-electron chi connectivity index (χ4n) is 1.55. The quantitative estimate of drug-likeness (QED) is 0.703. The molecule has 2 heterocycles. The molecule has 0 amide bonds. The highest BCUT2D eigenvalue weighted by Crippen LogP contribution is 2.13. The van der Waals surface area contributed by atoms with Crippen molar-refractivity contribution in [2.45, 2.75) is 25.0 Å². The van der Waals surface area contributed by atoms with Crippen LogP contribution in [0.2, 0.25) is 0 Å². The number of hydrogen-bond acceptors (Lipinski definition) is 7. The summed E-state index contributed by atoms with van der Waals surface area (Å²) in [6.07, 6.45) is 0.625. The van der Waals surface area contributed by atoms with Gasteiger partial charge in [0.05, 0.1) is 6.54 Å². The van der Waals surface area contributed by atoms with Gasteiger partial charge < -0.3 is 14.3 Å². The molecule has 2 aromatic heterocycles. The third-order valence-corrected chi connectivity index (χ3v) is 3.85. The Bertz CT molecular complexity index is 662. The number of furan rings is 1. The lowest BCUT2D eigenvalue weighted by atomic mass is 10.4. The largest absolute Gasteiger partial charge is 0.447 e. The summed E-state index contributed by atoms with van der Waals surface area (Å²) < 4.78 is 35.2. The van der Waals surface area contributed by atoms with Crippen LogP contribution in [0.25, 0.3) is 0 Å². The zero-order chi connectivity index (χ0) is 14.6. The van der Waals surface area contributed by atoms with Gasteiger partial charge in [0.15, 0.2) is 5.82 Å². The fraction of sp³-hybridized carbons (Fsp3) is 0.455. The van der Waals surface area contributed by atoms with E-state index < -0.39 is 10.0 Å². The van der Waals surface area contributed by atoms with E-state index in [2.05, 4.69) is 20.2 Å². The molecule has 0 saturated heterocycles. The summed E-state index contributed by atoms with van der Waals surface area (Å²) >= 11 is 0. The van der Waals surface area contributed by atoms with E-state index in [0.717, 1.165) is 0 Å². The minimum atomic E-state index is -3.53. The molecule has 0 aliphatic rings. The highest BCUT2D eigenvalue weighted by molar-refractivity contribution is 7.89. The van der Waals surface area contributed by atoms with Gasteiger partial charge in [0.25, 0.3) is 10.0 Å². The summed E-state index contributed by atoms with van der Waals surface area (Å²) in [4.78, 5) is 4.07. The standard InChI is InChI=1S/C11H16N4O4S/c1-8-14-10(15-19-8)5-6-13-7-9-3-4-11(18-9)20(16,17)12-2/h3-4,12-13H,5-7H2,1-2H3. The van der Waals surface area contributed by atoms with Crippen LogP contribution in [-0.2, 0) is 23.0 Å². The third-order valence-electron chi connectivity index (χ3n) is 2.56. The highest BCUT2D eigenvalue weighted by Gasteiger charge is 2.15. The van der Waals surface area contributed by atoms with E-state index in [1.54, 1.807) is 13.0 Å². The number of nitrogens with zero attached hydrogens (tertiary/aromatic N) is 2. The number of hydrogen-bond donors (Lipinski definition) is 2. The van der Waals surface area contributed by atoms with Crippen LogP contribution in [0, 0.1) is 6.92 Å². The van der Waals surface area contributed by atoms with E-state index in [1.165, 1.54) is 13.1 Å². The minimum Gasteiger partial charge on any atom is -0.447 e. The molecule has 2 rings (SSSR count). The van der Waals surface area contributed by atoms with Gasteiger partial charge in [-0.15, -0.1) is 0 Å². The summed E-state index contributed by atoms with van der Waals surface area (Å²) in [5.41, 5.74) is 0. The number of aromatic nitrogens is 2. The predicted molar refractivity (Wildman–Crippen MR) is 69.4 cm³/mol. The van der Waals surface area contributed by atoms with Crippen LogP contribution in [0.1, 0.15) is 17.5 Å². The Balaban J connectivity index is 1.80. The molecular formula is C11H16N4O4S. The van der Waals surface area contributed by atoms with Crippen molar-refractivity contribution in [3.8, 4) is 0 Å². The number of aryl methyl sites for hydroxylation is 1. The van der Waals surface area contributed by atoms with Gasteiger partial charge in [0.1, 0.15) is 5.76 Å². The molecule has 0 saturated carbocycles. The molecule has 2 N–H and O–H groups in total. The van der Waals surface area contributed by atoms with Crippen molar-refractivity contribution in [1.29, 1.82) is 0 Å². The van der Waals surface area contributed by atoms with E-state index >= 15 is 0 Å². The Morgan fingerprint density at radius 2 is 2.15 bits per heavy atom. The van der Waals surface area contributed by atoms with Crippen molar-refractivity contribution < 1.29 is 17.4 Å². The second-order valence-electron chi connectivity index (χ2n) is 4.08. The summed E-state index contributed by atoms with van der Waals surface area (Å²) in [5.74, 6) is 1.71. The molecule has 110 valence electrons. The van der Waals surface area contributed by atoms with Crippen LogP contribution >= 0.6 is 0 Å². The number of sulfonamides is 1. The Hall–Kier alpha value is -1.71. The maximum atomic E-state index is 11.5. The van der Waals surface area contributed by atoms with E-state index in [1.807, 2.05) is 0 Å². The number of rotatable bonds is 7. The molecule has 0 fully saturated rings. The number of nitrogens with one attached hydrogen (secondary N) is 2. The van der Waals surface area contributed by atoms with E-state index in [-0.39, 0.29) is 5.09 Å². The van der Waals surface area contributed by atoms with E-state index in [9.17, 15) is 8.42 Å². The van der Waals surface area contributed by atoms with Crippen LogP contribution in [0.15, 0.2) is 26.2 Å². The maximum Gasteiger partial charge on any atom is 0.273 e. The molecule has 2 aromatic rings. The first-order valence-electron chi connectivity index (χ1n) is 6.03. The van der Waals surface area contributed by atoms with Gasteiger partial charge in [-0.2, -0.15) is 4.98 Å². The smallest absolute Gasteiger partial charge is 0.273 e. The van der Waals surface area contributed by atoms with Crippen LogP contribution < -0.4 is 10.0 Å². The van der Waals surface area contributed by atoms with Crippen molar-refractivity contribution in [3.63, 3.8) is 0 Å². The summed E-state index contributed by atoms with van der Waals surface area (Å²) in [7, 11) is -2.19. The molecule has 0 bridgehead atoms. The van der Waals surface area contributed by atoms with Gasteiger partial charge in [0, 0.05) is 19.9 Å². The maximum absolute atomic E-state index is 11.5. The van der Waals surface area contributed by atoms with Crippen molar-refractivity contribution >= 4 is 10.0 Å². The van der Waals surface area contributed by atoms with Gasteiger partial charge in [-0.3, -0.25) is 0 Å². The molecule has 0 aliphatic carbocycles. The monoisotopic (exact) mass is 300 g/mol. The lowest BCUT2D eigenvalue weighted by molar-refractivity contribution is 0.385. The van der Waals surface area contributed by atoms with Crippen molar-refractivity contribution in [1.82, 2.24) is 20.2 Å². The molecule has 8 nitrogen and oxygen atoms in total. The summed E-state index contributed by atoms with van der Waals surface area (Å²) in [6.45, 7) is 2.79. The molecule has 0 aromatic carbocycles. The predicted octanol–water partition coefficient (Wildman–Crippen LogP) is 0.211. The Kier molecular flexibility index (Phi) is 4.53. The first-order chi connectivity index (χ1) is 9.51. The average Bonchev–Trinajstić information content (AvgIpc) is 3.04. The Morgan fingerprint density at radius 1 is 1.35 bits per heavy atom. The molecule has 20 heavy (non-hydrogen) atoms. The molecule has 0 spiro atoms. The lowest BCUT2D eigenvalue weighted by Crippen LogP contribution is -2.18. The Morgan fingerprint density at radius 3 is 2.80 bits per heavy atom. The molecular weight excluding hydrogens is 284 g/mol. The molecule has 0 radical (unpaired) electrons. The van der Waals surface area contributed by atoms with Gasteiger partial charge in [-0.25, -0.2) is 13.1 Å². The normalized spacial score (nSPS) is 11.9. The van der Waals surface area contributed by atoms with Crippen LogP contribution in [0.3, 0.4) is 0 Å². The molecule has 0 aliphatic heterocycles. The third kappa shape index (κ3) is 3.65. The van der Waals surface area contributed by atoms with Gasteiger partial charge >= 0.3 is 0 Å². The van der Waals surface area contributed by atoms with Crippen molar-refractivity contribution in [3.05, 3.63) is 29.6 Å².